The third-order valence-electron chi connectivity index (χ3n) is 4.97. The number of hydrogen-bond donors (Lipinski definition) is 1. The first-order valence-electron chi connectivity index (χ1n) is 10.3. The normalized spacial score (nSPS) is 10.4. The molecule has 0 aliphatic rings. The lowest BCUT2D eigenvalue weighted by Gasteiger charge is -2.13. The maximum atomic E-state index is 13.3. The molecule has 8 heteroatoms. The van der Waals surface area contributed by atoms with Crippen LogP contribution in [0.2, 0.25) is 0 Å². The Balaban J connectivity index is 1.58. The van der Waals surface area contributed by atoms with E-state index < -0.39 is 5.97 Å². The molecule has 1 heterocycles. The minimum Gasteiger partial charge on any atom is -0.465 e. The maximum absolute atomic E-state index is 13.3. The summed E-state index contributed by atoms with van der Waals surface area (Å²) in [6.45, 7) is 0.230. The van der Waals surface area contributed by atoms with E-state index in [0.717, 1.165) is 5.56 Å². The highest BCUT2D eigenvalue weighted by Crippen LogP contribution is 2.29. The van der Waals surface area contributed by atoms with Crippen LogP contribution in [0, 0.1) is 5.82 Å². The van der Waals surface area contributed by atoms with E-state index in [1.54, 1.807) is 54.7 Å². The van der Waals surface area contributed by atoms with Crippen molar-refractivity contribution >= 4 is 11.9 Å². The number of amides is 1. The van der Waals surface area contributed by atoms with Crippen molar-refractivity contribution in [2.45, 2.75) is 6.54 Å². The van der Waals surface area contributed by atoms with Crippen LogP contribution in [-0.4, -0.2) is 29.0 Å². The zero-order valence-corrected chi connectivity index (χ0v) is 18.2. The summed E-state index contributed by atoms with van der Waals surface area (Å²) in [7, 11) is 1.32. The summed E-state index contributed by atoms with van der Waals surface area (Å²) in [6, 6.07) is 19.1. The van der Waals surface area contributed by atoms with E-state index >= 15 is 0 Å². The fourth-order valence-corrected chi connectivity index (χ4v) is 3.20. The lowest BCUT2D eigenvalue weighted by Crippen LogP contribution is -2.23. The SMILES string of the molecule is COC(=O)c1ccc(CNC(=O)c2cc(-c3ccncn3)ccc2Oc2ccc(F)cc2)cc1. The Morgan fingerprint density at radius 1 is 0.971 bits per heavy atom. The van der Waals surface area contributed by atoms with Crippen LogP contribution in [0.5, 0.6) is 11.5 Å². The van der Waals surface area contributed by atoms with Gasteiger partial charge in [0.2, 0.25) is 0 Å². The third kappa shape index (κ3) is 5.42. The smallest absolute Gasteiger partial charge is 0.337 e. The lowest BCUT2D eigenvalue weighted by atomic mass is 10.1. The minimum absolute atomic E-state index is 0.230. The highest BCUT2D eigenvalue weighted by molar-refractivity contribution is 5.98. The highest BCUT2D eigenvalue weighted by atomic mass is 19.1. The first-order valence-corrected chi connectivity index (χ1v) is 10.3. The predicted molar refractivity (Wildman–Crippen MR) is 123 cm³/mol. The maximum Gasteiger partial charge on any atom is 0.337 e. The average molecular weight is 457 g/mol. The van der Waals surface area contributed by atoms with E-state index in [9.17, 15) is 14.0 Å². The van der Waals surface area contributed by atoms with Gasteiger partial charge in [0, 0.05) is 18.3 Å². The summed E-state index contributed by atoms with van der Waals surface area (Å²) in [5, 5.41) is 2.86. The Labute approximate surface area is 195 Å². The van der Waals surface area contributed by atoms with Gasteiger partial charge in [-0.3, -0.25) is 4.79 Å². The number of esters is 1. The van der Waals surface area contributed by atoms with Crippen LogP contribution in [0.4, 0.5) is 4.39 Å². The molecule has 0 saturated heterocycles. The first kappa shape index (κ1) is 22.6. The molecular formula is C26H20FN3O4. The molecule has 0 atom stereocenters. The van der Waals surface area contributed by atoms with Crippen molar-refractivity contribution in [1.29, 1.82) is 0 Å². The van der Waals surface area contributed by atoms with E-state index in [1.807, 2.05) is 0 Å². The number of nitrogens with zero attached hydrogens (tertiary/aromatic N) is 2. The van der Waals surface area contributed by atoms with Crippen LogP contribution in [0.3, 0.4) is 0 Å². The monoisotopic (exact) mass is 457 g/mol. The zero-order chi connectivity index (χ0) is 23.9. The number of benzene rings is 3. The van der Waals surface area contributed by atoms with Crippen molar-refractivity contribution in [1.82, 2.24) is 15.3 Å². The van der Waals surface area contributed by atoms with Gasteiger partial charge < -0.3 is 14.8 Å². The van der Waals surface area contributed by atoms with Gasteiger partial charge in [0.05, 0.1) is 23.9 Å². The van der Waals surface area contributed by atoms with Crippen molar-refractivity contribution in [3.05, 3.63) is 108 Å². The van der Waals surface area contributed by atoms with E-state index in [2.05, 4.69) is 15.3 Å². The van der Waals surface area contributed by atoms with Gasteiger partial charge in [0.15, 0.2) is 0 Å². The van der Waals surface area contributed by atoms with E-state index in [0.29, 0.717) is 28.3 Å². The summed E-state index contributed by atoms with van der Waals surface area (Å²) in [5.41, 5.74) is 2.86. The summed E-state index contributed by atoms with van der Waals surface area (Å²) in [5.74, 6) is -0.487. The fraction of sp³-hybridized carbons (Fsp3) is 0.0769. The van der Waals surface area contributed by atoms with Gasteiger partial charge in [-0.25, -0.2) is 19.2 Å². The number of rotatable bonds is 7. The number of aromatic nitrogens is 2. The van der Waals surface area contributed by atoms with Gasteiger partial charge in [0.25, 0.3) is 5.91 Å². The molecule has 0 saturated carbocycles. The topological polar surface area (TPSA) is 90.4 Å². The first-order chi connectivity index (χ1) is 16.5. The number of methoxy groups -OCH3 is 1. The Bertz CT molecular complexity index is 1290. The molecule has 0 radical (unpaired) electrons. The fourth-order valence-electron chi connectivity index (χ4n) is 3.20. The Morgan fingerprint density at radius 2 is 1.74 bits per heavy atom. The second kappa shape index (κ2) is 10.4. The molecule has 3 aromatic carbocycles. The third-order valence-corrected chi connectivity index (χ3v) is 4.97. The second-order valence-electron chi connectivity index (χ2n) is 7.23. The molecule has 0 fully saturated rings. The average Bonchev–Trinajstić information content (AvgIpc) is 2.89. The van der Waals surface area contributed by atoms with Crippen LogP contribution in [-0.2, 0) is 11.3 Å². The molecule has 4 rings (SSSR count). The minimum atomic E-state index is -0.431. The molecule has 7 nitrogen and oxygen atoms in total. The Kier molecular flexibility index (Phi) is 6.88. The lowest BCUT2D eigenvalue weighted by molar-refractivity contribution is 0.0600. The summed E-state index contributed by atoms with van der Waals surface area (Å²) in [4.78, 5) is 32.9. The number of carbonyl (C=O) groups excluding carboxylic acids is 2. The zero-order valence-electron chi connectivity index (χ0n) is 18.2. The standard InChI is InChI=1S/C26H20FN3O4/c1-33-26(32)18-4-2-17(3-5-18)15-29-25(31)22-14-19(23-12-13-28-16-30-23)6-11-24(22)34-21-9-7-20(27)8-10-21/h2-14,16H,15H2,1H3,(H,29,31). The van der Waals surface area contributed by atoms with Gasteiger partial charge in [-0.1, -0.05) is 12.1 Å². The van der Waals surface area contributed by atoms with Crippen LogP contribution < -0.4 is 10.1 Å². The van der Waals surface area contributed by atoms with Crippen molar-refractivity contribution < 1.29 is 23.5 Å². The number of halogens is 1. The van der Waals surface area contributed by atoms with Gasteiger partial charge >= 0.3 is 5.97 Å². The van der Waals surface area contributed by atoms with Crippen LogP contribution in [0.1, 0.15) is 26.3 Å². The molecule has 0 aliphatic carbocycles. The quantitative estimate of drug-likeness (QED) is 0.401. The summed E-state index contributed by atoms with van der Waals surface area (Å²) in [6.07, 6.45) is 3.04. The molecule has 0 spiro atoms. The molecular weight excluding hydrogens is 437 g/mol. The number of hydrogen-bond acceptors (Lipinski definition) is 6. The van der Waals surface area contributed by atoms with Crippen LogP contribution in [0.25, 0.3) is 11.3 Å². The summed E-state index contributed by atoms with van der Waals surface area (Å²) < 4.78 is 23.8. The number of ether oxygens (including phenoxy) is 2. The molecule has 4 aromatic rings. The van der Waals surface area contributed by atoms with Crippen LogP contribution >= 0.6 is 0 Å². The molecule has 0 unspecified atom stereocenters. The number of carbonyl (C=O) groups is 2. The van der Waals surface area contributed by atoms with Gasteiger partial charge in [-0.15, -0.1) is 0 Å². The van der Waals surface area contributed by atoms with E-state index in [1.165, 1.54) is 37.7 Å². The van der Waals surface area contributed by atoms with Gasteiger partial charge in [0.1, 0.15) is 23.6 Å². The molecule has 1 aromatic heterocycles. The van der Waals surface area contributed by atoms with Crippen molar-refractivity contribution in [3.8, 4) is 22.8 Å². The van der Waals surface area contributed by atoms with Gasteiger partial charge in [-0.05, 0) is 66.2 Å². The van der Waals surface area contributed by atoms with Crippen molar-refractivity contribution in [2.24, 2.45) is 0 Å². The largest absolute Gasteiger partial charge is 0.465 e. The van der Waals surface area contributed by atoms with Crippen LogP contribution in [0.15, 0.2) is 85.3 Å². The molecule has 34 heavy (non-hydrogen) atoms. The molecule has 1 N–H and O–H groups in total. The summed E-state index contributed by atoms with van der Waals surface area (Å²) >= 11 is 0. The van der Waals surface area contributed by atoms with E-state index in [-0.39, 0.29) is 23.8 Å². The number of nitrogens with one attached hydrogen (secondary N) is 1. The molecule has 170 valence electrons. The van der Waals surface area contributed by atoms with E-state index in [4.69, 9.17) is 9.47 Å². The molecule has 0 aliphatic heterocycles. The van der Waals surface area contributed by atoms with Gasteiger partial charge in [-0.2, -0.15) is 0 Å². The van der Waals surface area contributed by atoms with Crippen molar-refractivity contribution in [3.63, 3.8) is 0 Å². The predicted octanol–water partition coefficient (Wildman–Crippen LogP) is 4.79. The highest BCUT2D eigenvalue weighted by Gasteiger charge is 2.16. The Morgan fingerprint density at radius 3 is 2.41 bits per heavy atom. The Hall–Kier alpha value is -4.59. The van der Waals surface area contributed by atoms with Crippen molar-refractivity contribution in [2.75, 3.05) is 7.11 Å². The second-order valence-corrected chi connectivity index (χ2v) is 7.23. The molecule has 0 bridgehead atoms. The molecule has 1 amide bonds.